The molecule has 1 aromatic heterocycles. The van der Waals surface area contributed by atoms with E-state index < -0.39 is 12.1 Å². The Balaban J connectivity index is 1.88. The second-order valence-electron chi connectivity index (χ2n) is 6.99. The second kappa shape index (κ2) is 9.52. The summed E-state index contributed by atoms with van der Waals surface area (Å²) in [4.78, 5) is 12.1. The summed E-state index contributed by atoms with van der Waals surface area (Å²) in [6.07, 6.45) is 4.04. The largest absolute Gasteiger partial charge is 0.619 e. The monoisotopic (exact) mass is 440 g/mol. The van der Waals surface area contributed by atoms with Crippen LogP contribution < -0.4 is 14.8 Å². The van der Waals surface area contributed by atoms with Crippen LogP contribution in [0, 0.1) is 11.1 Å². The molecule has 0 aliphatic heterocycles. The van der Waals surface area contributed by atoms with E-state index in [-0.39, 0.29) is 28.8 Å². The first-order valence-corrected chi connectivity index (χ1v) is 9.99. The number of rotatable bonds is 9. The maximum absolute atomic E-state index is 12.1. The van der Waals surface area contributed by atoms with E-state index in [9.17, 15) is 15.1 Å². The van der Waals surface area contributed by atoms with E-state index in [4.69, 9.17) is 32.7 Å². The molecule has 0 radical (unpaired) electrons. The Morgan fingerprint density at radius 2 is 2.03 bits per heavy atom. The predicted octanol–water partition coefficient (Wildman–Crippen LogP) is 3.17. The Morgan fingerprint density at radius 1 is 1.34 bits per heavy atom. The van der Waals surface area contributed by atoms with Gasteiger partial charge in [0.25, 0.3) is 0 Å². The van der Waals surface area contributed by atoms with Gasteiger partial charge in [-0.25, -0.2) is 0 Å². The molecule has 1 heterocycles. The highest BCUT2D eigenvalue weighted by atomic mass is 35.5. The fourth-order valence-electron chi connectivity index (χ4n) is 2.82. The SMILES string of the molecule is CNCC(=O)O[C@@H](Cc1c(Cl)c[n+]([O-])cc1Cl)c1ccc(O)c(OCC2CC2)c1. The van der Waals surface area contributed by atoms with Gasteiger partial charge in [-0.15, -0.1) is 0 Å². The third-order valence-corrected chi connectivity index (χ3v) is 5.22. The fraction of sp³-hybridized carbons (Fsp3) is 0.400. The van der Waals surface area contributed by atoms with Crippen molar-refractivity contribution < 1.29 is 24.1 Å². The van der Waals surface area contributed by atoms with E-state index >= 15 is 0 Å². The minimum atomic E-state index is -0.739. The van der Waals surface area contributed by atoms with E-state index in [0.717, 1.165) is 12.8 Å². The number of carbonyl (C=O) groups is 1. The molecule has 9 heteroatoms. The van der Waals surface area contributed by atoms with Crippen LogP contribution in [0.5, 0.6) is 11.5 Å². The molecule has 1 atom stereocenters. The van der Waals surface area contributed by atoms with E-state index in [1.165, 1.54) is 18.5 Å². The number of aromatic hydroxyl groups is 1. The molecule has 156 valence electrons. The highest BCUT2D eigenvalue weighted by Gasteiger charge is 2.25. The summed E-state index contributed by atoms with van der Waals surface area (Å²) in [7, 11) is 1.64. The number of halogens is 2. The smallest absolute Gasteiger partial charge is 0.320 e. The summed E-state index contributed by atoms with van der Waals surface area (Å²) in [5.41, 5.74) is 1.10. The average molecular weight is 441 g/mol. The quantitative estimate of drug-likeness (QED) is 0.353. The Bertz CT molecular complexity index is 866. The van der Waals surface area contributed by atoms with E-state index in [1.807, 2.05) is 0 Å². The molecule has 1 aliphatic rings. The number of hydrogen-bond donors (Lipinski definition) is 2. The number of pyridine rings is 1. The molecule has 0 unspecified atom stereocenters. The van der Waals surface area contributed by atoms with Gasteiger partial charge in [-0.2, -0.15) is 4.73 Å². The molecule has 0 spiro atoms. The molecule has 2 N–H and O–H groups in total. The molecule has 0 saturated heterocycles. The first-order valence-electron chi connectivity index (χ1n) is 9.24. The van der Waals surface area contributed by atoms with Crippen LogP contribution in [0.3, 0.4) is 0 Å². The number of aromatic nitrogens is 1. The van der Waals surface area contributed by atoms with Gasteiger partial charge in [0.1, 0.15) is 16.1 Å². The molecule has 1 aromatic carbocycles. The zero-order chi connectivity index (χ0) is 21.0. The third-order valence-electron chi connectivity index (χ3n) is 4.57. The maximum Gasteiger partial charge on any atom is 0.320 e. The van der Waals surface area contributed by atoms with Crippen molar-refractivity contribution in [3.8, 4) is 11.5 Å². The lowest BCUT2D eigenvalue weighted by Gasteiger charge is -2.20. The normalized spacial score (nSPS) is 14.4. The van der Waals surface area contributed by atoms with Crippen molar-refractivity contribution in [2.24, 2.45) is 5.92 Å². The van der Waals surface area contributed by atoms with Gasteiger partial charge < -0.3 is 25.1 Å². The zero-order valence-corrected chi connectivity index (χ0v) is 17.4. The number of phenolic OH excluding ortho intramolecular Hbond substituents is 1. The van der Waals surface area contributed by atoms with Crippen molar-refractivity contribution in [2.45, 2.75) is 25.4 Å². The topological polar surface area (TPSA) is 94.7 Å². The fourth-order valence-corrected chi connectivity index (χ4v) is 3.42. The Labute approximate surface area is 178 Å². The van der Waals surface area contributed by atoms with Crippen LogP contribution in [-0.2, 0) is 16.0 Å². The van der Waals surface area contributed by atoms with Crippen LogP contribution in [-0.4, -0.2) is 31.3 Å². The summed E-state index contributed by atoms with van der Waals surface area (Å²) in [5, 5.41) is 24.7. The van der Waals surface area contributed by atoms with Crippen molar-refractivity contribution in [1.82, 2.24) is 5.32 Å². The minimum absolute atomic E-state index is 0.0119. The number of benzene rings is 1. The van der Waals surface area contributed by atoms with Crippen LogP contribution in [0.15, 0.2) is 30.6 Å². The van der Waals surface area contributed by atoms with Crippen molar-refractivity contribution in [3.05, 3.63) is 57.0 Å². The average Bonchev–Trinajstić information content (AvgIpc) is 3.47. The Hall–Kier alpha value is -2.22. The van der Waals surface area contributed by atoms with Crippen LogP contribution in [0.2, 0.25) is 10.0 Å². The lowest BCUT2D eigenvalue weighted by molar-refractivity contribution is -0.605. The lowest BCUT2D eigenvalue weighted by Crippen LogP contribution is -2.26. The summed E-state index contributed by atoms with van der Waals surface area (Å²) in [5.74, 6) is 0.390. The van der Waals surface area contributed by atoms with Crippen LogP contribution >= 0.6 is 23.2 Å². The van der Waals surface area contributed by atoms with Crippen LogP contribution in [0.1, 0.15) is 30.1 Å². The van der Waals surface area contributed by atoms with Crippen LogP contribution in [0.25, 0.3) is 0 Å². The predicted molar refractivity (Wildman–Crippen MR) is 108 cm³/mol. The van der Waals surface area contributed by atoms with E-state index in [0.29, 0.717) is 34.1 Å². The number of nitrogens with one attached hydrogen (secondary N) is 1. The number of nitrogens with zero attached hydrogens (tertiary/aromatic N) is 1. The zero-order valence-electron chi connectivity index (χ0n) is 15.9. The maximum atomic E-state index is 12.1. The third kappa shape index (κ3) is 5.88. The standard InChI is InChI=1S/C20H22Cl2N2O5/c1-23-8-20(26)29-18(7-14-15(21)9-24(27)10-16(14)22)13-4-5-17(25)19(6-13)28-11-12-2-3-12/h4-6,9-10,12,18,23,25H,2-3,7-8,11H2,1H3/t18-/m0/s1. The first-order chi connectivity index (χ1) is 13.9. The van der Waals surface area contributed by atoms with Crippen molar-refractivity contribution in [1.29, 1.82) is 0 Å². The Morgan fingerprint density at radius 3 is 2.66 bits per heavy atom. The summed E-state index contributed by atoms with van der Waals surface area (Å²) in [6.45, 7) is 0.553. The number of ether oxygens (including phenoxy) is 2. The van der Waals surface area contributed by atoms with E-state index in [1.54, 1.807) is 19.2 Å². The Kier molecular flexibility index (Phi) is 7.05. The molecular formula is C20H22Cl2N2O5. The van der Waals surface area contributed by atoms with Gasteiger partial charge >= 0.3 is 5.97 Å². The first kappa shape index (κ1) is 21.5. The van der Waals surface area contributed by atoms with Gasteiger partial charge in [-0.1, -0.05) is 29.3 Å². The minimum Gasteiger partial charge on any atom is -0.619 e. The van der Waals surface area contributed by atoms with E-state index in [2.05, 4.69) is 5.32 Å². The number of hydrogen-bond acceptors (Lipinski definition) is 6. The second-order valence-corrected chi connectivity index (χ2v) is 7.80. The van der Waals surface area contributed by atoms with Gasteiger partial charge in [0.15, 0.2) is 23.9 Å². The molecule has 1 aliphatic carbocycles. The number of esters is 1. The van der Waals surface area contributed by atoms with Crippen molar-refractivity contribution in [3.63, 3.8) is 0 Å². The molecule has 0 bridgehead atoms. The highest BCUT2D eigenvalue weighted by Crippen LogP contribution is 2.36. The molecule has 1 fully saturated rings. The van der Waals surface area contributed by atoms with Gasteiger partial charge in [0.05, 0.1) is 13.2 Å². The molecule has 29 heavy (non-hydrogen) atoms. The van der Waals surface area contributed by atoms with Gasteiger partial charge in [0.2, 0.25) is 0 Å². The molecule has 2 aromatic rings. The summed E-state index contributed by atoms with van der Waals surface area (Å²) < 4.78 is 11.8. The number of phenols is 1. The number of likely N-dealkylation sites (N-methyl/N-ethyl adjacent to an activating group) is 1. The van der Waals surface area contributed by atoms with Gasteiger partial charge in [-0.05, 0) is 43.5 Å². The molecular weight excluding hydrogens is 419 g/mol. The van der Waals surface area contributed by atoms with Crippen LogP contribution in [0.4, 0.5) is 0 Å². The molecule has 1 saturated carbocycles. The van der Waals surface area contributed by atoms with Crippen molar-refractivity contribution in [2.75, 3.05) is 20.2 Å². The van der Waals surface area contributed by atoms with Gasteiger partial charge in [-0.3, -0.25) is 4.79 Å². The summed E-state index contributed by atoms with van der Waals surface area (Å²) >= 11 is 12.4. The molecule has 3 rings (SSSR count). The summed E-state index contributed by atoms with van der Waals surface area (Å²) in [6, 6.07) is 4.79. The number of carbonyl (C=O) groups excluding carboxylic acids is 1. The molecule has 0 amide bonds. The lowest BCUT2D eigenvalue weighted by atomic mass is 10.0. The van der Waals surface area contributed by atoms with Gasteiger partial charge in [0, 0.05) is 12.0 Å². The highest BCUT2D eigenvalue weighted by molar-refractivity contribution is 6.35. The molecule has 7 nitrogen and oxygen atoms in total. The van der Waals surface area contributed by atoms with Crippen molar-refractivity contribution >= 4 is 29.2 Å².